The summed E-state index contributed by atoms with van der Waals surface area (Å²) in [6, 6.07) is 7.96. The number of amides is 1. The second kappa shape index (κ2) is 8.08. The molecule has 2 atom stereocenters. The van der Waals surface area contributed by atoms with Crippen molar-refractivity contribution >= 4 is 11.9 Å². The Balaban J connectivity index is 1.70. The van der Waals surface area contributed by atoms with Gasteiger partial charge in [0, 0.05) is 30.6 Å². The molecule has 1 N–H and O–H groups in total. The number of carbonyl (C=O) groups is 2. The number of rotatable bonds is 5. The second-order valence-electron chi connectivity index (χ2n) is 6.99. The molecule has 8 heteroatoms. The molecule has 1 aliphatic carbocycles. The van der Waals surface area contributed by atoms with E-state index in [-0.39, 0.29) is 19.4 Å². The number of carbonyl (C=O) groups excluding carboxylic acids is 2. The number of ether oxygens (including phenoxy) is 1. The van der Waals surface area contributed by atoms with Crippen LogP contribution in [0.4, 0.5) is 8.78 Å². The number of alkyl halides is 2. The molecular weight excluding hydrogens is 368 g/mol. The summed E-state index contributed by atoms with van der Waals surface area (Å²) in [4.78, 5) is 24.7. The molecule has 0 saturated heterocycles. The molecular formula is C20H23F2N3O3. The quantitative estimate of drug-likeness (QED) is 0.794. The van der Waals surface area contributed by atoms with E-state index < -0.39 is 36.2 Å². The molecule has 1 aromatic carbocycles. The summed E-state index contributed by atoms with van der Waals surface area (Å²) in [6.07, 6.45) is 0.850. The van der Waals surface area contributed by atoms with Crippen LogP contribution in [0, 0.1) is 12.8 Å². The Morgan fingerprint density at radius 3 is 2.61 bits per heavy atom. The van der Waals surface area contributed by atoms with Crippen molar-refractivity contribution in [3.63, 3.8) is 0 Å². The lowest BCUT2D eigenvalue weighted by atomic mass is 9.82. The minimum absolute atomic E-state index is 0.0207. The number of hydrogen-bond donors (Lipinski definition) is 1. The lowest BCUT2D eigenvalue weighted by molar-refractivity contribution is -0.156. The number of esters is 1. The van der Waals surface area contributed by atoms with Crippen LogP contribution in [-0.2, 0) is 9.53 Å². The van der Waals surface area contributed by atoms with Crippen LogP contribution in [0.2, 0.25) is 0 Å². The molecule has 1 saturated carbocycles. The minimum Gasteiger partial charge on any atom is -0.466 e. The number of benzene rings is 1. The normalized spacial score (nSPS) is 21.1. The first kappa shape index (κ1) is 20.0. The van der Waals surface area contributed by atoms with Gasteiger partial charge in [-0.3, -0.25) is 9.59 Å². The first-order chi connectivity index (χ1) is 13.3. The number of aromatic nitrogens is 2. The zero-order valence-electron chi connectivity index (χ0n) is 15.8. The van der Waals surface area contributed by atoms with E-state index in [0.717, 1.165) is 11.4 Å². The van der Waals surface area contributed by atoms with Crippen molar-refractivity contribution in [3.05, 3.63) is 47.8 Å². The van der Waals surface area contributed by atoms with Crippen LogP contribution in [-0.4, -0.2) is 40.2 Å². The summed E-state index contributed by atoms with van der Waals surface area (Å²) >= 11 is 0. The largest absolute Gasteiger partial charge is 0.466 e. The van der Waals surface area contributed by atoms with Crippen molar-refractivity contribution < 1.29 is 23.1 Å². The van der Waals surface area contributed by atoms with E-state index in [0.29, 0.717) is 5.56 Å². The van der Waals surface area contributed by atoms with Gasteiger partial charge in [0.05, 0.1) is 23.9 Å². The third kappa shape index (κ3) is 4.55. The van der Waals surface area contributed by atoms with Crippen LogP contribution in [0.5, 0.6) is 0 Å². The molecule has 3 rings (SSSR count). The first-order valence-electron chi connectivity index (χ1n) is 9.27. The van der Waals surface area contributed by atoms with Gasteiger partial charge in [0.25, 0.3) is 5.91 Å². The maximum atomic E-state index is 13.8. The van der Waals surface area contributed by atoms with E-state index in [9.17, 15) is 18.4 Å². The molecule has 150 valence electrons. The third-order valence-electron chi connectivity index (χ3n) is 4.85. The highest BCUT2D eigenvalue weighted by molar-refractivity contribution is 5.95. The fraction of sp³-hybridized carbons (Fsp3) is 0.450. The molecule has 0 radical (unpaired) electrons. The van der Waals surface area contributed by atoms with Gasteiger partial charge in [-0.05, 0) is 50.6 Å². The van der Waals surface area contributed by atoms with Crippen molar-refractivity contribution in [1.29, 1.82) is 0 Å². The van der Waals surface area contributed by atoms with Crippen molar-refractivity contribution in [2.75, 3.05) is 6.61 Å². The molecule has 1 aromatic heterocycles. The Morgan fingerprint density at radius 2 is 2.00 bits per heavy atom. The molecule has 1 amide bonds. The van der Waals surface area contributed by atoms with Gasteiger partial charge in [-0.15, -0.1) is 0 Å². The molecule has 28 heavy (non-hydrogen) atoms. The van der Waals surface area contributed by atoms with Gasteiger partial charge in [0.2, 0.25) is 5.92 Å². The predicted molar refractivity (Wildman–Crippen MR) is 98.5 cm³/mol. The van der Waals surface area contributed by atoms with Crippen molar-refractivity contribution in [2.45, 2.75) is 45.1 Å². The van der Waals surface area contributed by atoms with Crippen LogP contribution in [0.3, 0.4) is 0 Å². The van der Waals surface area contributed by atoms with Gasteiger partial charge in [-0.25, -0.2) is 13.5 Å². The Kier molecular flexibility index (Phi) is 5.76. The lowest BCUT2D eigenvalue weighted by Gasteiger charge is -2.34. The Bertz CT molecular complexity index is 849. The topological polar surface area (TPSA) is 73.2 Å². The summed E-state index contributed by atoms with van der Waals surface area (Å²) in [6.45, 7) is 3.61. The summed E-state index contributed by atoms with van der Waals surface area (Å²) in [5.74, 6) is -5.09. The zero-order valence-corrected chi connectivity index (χ0v) is 15.8. The SMILES string of the molecule is CCOC(=O)[C@H]1CC(F)(F)CC[C@H]1NC(=O)c1ccc(-n2ccc(C)n2)cc1. The molecule has 1 aliphatic rings. The molecule has 6 nitrogen and oxygen atoms in total. The fourth-order valence-corrected chi connectivity index (χ4v) is 3.38. The fourth-order valence-electron chi connectivity index (χ4n) is 3.38. The lowest BCUT2D eigenvalue weighted by Crippen LogP contribution is -2.49. The van der Waals surface area contributed by atoms with Crippen LogP contribution in [0.1, 0.15) is 42.2 Å². The summed E-state index contributed by atoms with van der Waals surface area (Å²) < 4.78 is 34.2. The van der Waals surface area contributed by atoms with Gasteiger partial charge in [0.15, 0.2) is 0 Å². The van der Waals surface area contributed by atoms with Crippen LogP contribution < -0.4 is 5.32 Å². The Morgan fingerprint density at radius 1 is 1.29 bits per heavy atom. The van der Waals surface area contributed by atoms with Crippen LogP contribution in [0.15, 0.2) is 36.5 Å². The maximum absolute atomic E-state index is 13.8. The van der Waals surface area contributed by atoms with E-state index in [1.54, 1.807) is 35.9 Å². The molecule has 2 aromatic rings. The van der Waals surface area contributed by atoms with Gasteiger partial charge in [0.1, 0.15) is 0 Å². The molecule has 0 bridgehead atoms. The smallest absolute Gasteiger partial charge is 0.311 e. The van der Waals surface area contributed by atoms with E-state index in [1.807, 2.05) is 19.2 Å². The minimum atomic E-state index is -2.93. The highest BCUT2D eigenvalue weighted by Crippen LogP contribution is 2.37. The number of hydrogen-bond acceptors (Lipinski definition) is 4. The standard InChI is InChI=1S/C20H23F2N3O3/c1-3-28-19(27)16-12-20(21,22)10-8-17(16)23-18(26)14-4-6-15(7-5-14)25-11-9-13(2)24-25/h4-7,9,11,16-17H,3,8,10,12H2,1-2H3,(H,23,26)/t16-,17+/m0/s1. The van der Waals surface area contributed by atoms with E-state index in [1.165, 1.54) is 0 Å². The molecule has 0 aliphatic heterocycles. The number of halogens is 2. The predicted octanol–water partition coefficient (Wildman–Crippen LogP) is 3.28. The highest BCUT2D eigenvalue weighted by Gasteiger charge is 2.45. The molecule has 0 spiro atoms. The zero-order chi connectivity index (χ0) is 20.3. The Labute approximate surface area is 161 Å². The Hall–Kier alpha value is -2.77. The van der Waals surface area contributed by atoms with E-state index >= 15 is 0 Å². The summed E-state index contributed by atoms with van der Waals surface area (Å²) in [5, 5.41) is 7.03. The van der Waals surface area contributed by atoms with Gasteiger partial charge in [-0.2, -0.15) is 5.10 Å². The van der Waals surface area contributed by atoms with E-state index in [2.05, 4.69) is 10.4 Å². The summed E-state index contributed by atoms with van der Waals surface area (Å²) in [5.41, 5.74) is 2.06. The molecule has 0 unspecified atom stereocenters. The van der Waals surface area contributed by atoms with Gasteiger partial charge >= 0.3 is 5.97 Å². The maximum Gasteiger partial charge on any atom is 0.311 e. The van der Waals surface area contributed by atoms with E-state index in [4.69, 9.17) is 4.74 Å². The highest BCUT2D eigenvalue weighted by atomic mass is 19.3. The second-order valence-corrected chi connectivity index (χ2v) is 6.99. The third-order valence-corrected chi connectivity index (χ3v) is 4.85. The first-order valence-corrected chi connectivity index (χ1v) is 9.27. The van der Waals surface area contributed by atoms with Crippen molar-refractivity contribution in [3.8, 4) is 5.69 Å². The van der Waals surface area contributed by atoms with Crippen LogP contribution in [0.25, 0.3) is 5.69 Å². The van der Waals surface area contributed by atoms with Gasteiger partial charge in [-0.1, -0.05) is 0 Å². The molecule has 1 fully saturated rings. The monoisotopic (exact) mass is 391 g/mol. The average Bonchev–Trinajstić information content (AvgIpc) is 3.09. The van der Waals surface area contributed by atoms with Crippen LogP contribution >= 0.6 is 0 Å². The van der Waals surface area contributed by atoms with Crippen molar-refractivity contribution in [2.24, 2.45) is 5.92 Å². The summed E-state index contributed by atoms with van der Waals surface area (Å²) in [7, 11) is 0. The number of nitrogens with one attached hydrogen (secondary N) is 1. The van der Waals surface area contributed by atoms with Gasteiger partial charge < -0.3 is 10.1 Å². The number of nitrogens with zero attached hydrogens (tertiary/aromatic N) is 2. The average molecular weight is 391 g/mol. The number of aryl methyl sites for hydroxylation is 1. The molecule has 1 heterocycles. The van der Waals surface area contributed by atoms with Crippen molar-refractivity contribution in [1.82, 2.24) is 15.1 Å².